The van der Waals surface area contributed by atoms with Gasteiger partial charge in [-0.1, -0.05) is 0 Å². The SMILES string of the molecule is O=c1[nH]c(=O)n([C@H]2C[C@H](O)[C@@H](CO)S2)cc1[123I]. The van der Waals surface area contributed by atoms with E-state index in [4.69, 9.17) is 5.11 Å². The van der Waals surface area contributed by atoms with E-state index in [9.17, 15) is 14.7 Å². The van der Waals surface area contributed by atoms with Gasteiger partial charge in [0.2, 0.25) is 0 Å². The standard InChI is InChI=1S/C9H11IN2O4S/c10-4-2-12(9(16)11-8(4)15)7-1-5(14)6(3-13)17-7/h2,5-7,13-14H,1,3H2,(H,11,15,16)/t5-,6+,7+/m0/s1/i10-4. The van der Waals surface area contributed by atoms with E-state index in [1.165, 1.54) is 22.5 Å². The average Bonchev–Trinajstić information content (AvgIpc) is 2.65. The van der Waals surface area contributed by atoms with Crippen LogP contribution in [0.2, 0.25) is 0 Å². The lowest BCUT2D eigenvalue weighted by Gasteiger charge is -2.12. The molecule has 0 aliphatic carbocycles. The van der Waals surface area contributed by atoms with Crippen molar-refractivity contribution >= 4 is 34.4 Å². The molecule has 6 nitrogen and oxygen atoms in total. The molecule has 2 heterocycles. The van der Waals surface area contributed by atoms with Crippen molar-refractivity contribution < 1.29 is 10.2 Å². The van der Waals surface area contributed by atoms with Crippen molar-refractivity contribution in [3.05, 3.63) is 30.6 Å². The monoisotopic (exact) mass is 366 g/mol. The van der Waals surface area contributed by atoms with Gasteiger partial charge < -0.3 is 10.2 Å². The van der Waals surface area contributed by atoms with Crippen LogP contribution in [-0.4, -0.2) is 37.7 Å². The lowest BCUT2D eigenvalue weighted by atomic mass is 10.2. The molecule has 0 radical (unpaired) electrons. The minimum atomic E-state index is -0.633. The van der Waals surface area contributed by atoms with Crippen molar-refractivity contribution in [1.82, 2.24) is 9.55 Å². The van der Waals surface area contributed by atoms with E-state index >= 15 is 0 Å². The van der Waals surface area contributed by atoms with E-state index in [-0.39, 0.29) is 17.2 Å². The van der Waals surface area contributed by atoms with Crippen molar-refractivity contribution in [2.24, 2.45) is 0 Å². The Hall–Kier alpha value is -0.320. The Balaban J connectivity index is 2.34. The van der Waals surface area contributed by atoms with Gasteiger partial charge in [-0.25, -0.2) is 4.79 Å². The van der Waals surface area contributed by atoms with Crippen molar-refractivity contribution in [2.45, 2.75) is 23.1 Å². The second-order valence-corrected chi connectivity index (χ2v) is 6.34. The molecular weight excluding hydrogens is 355 g/mol. The van der Waals surface area contributed by atoms with Crippen molar-refractivity contribution in [1.29, 1.82) is 0 Å². The first-order valence-electron chi connectivity index (χ1n) is 4.98. The summed E-state index contributed by atoms with van der Waals surface area (Å²) in [5.74, 6) is 0. The Kier molecular flexibility index (Phi) is 3.95. The van der Waals surface area contributed by atoms with Crippen LogP contribution in [0.3, 0.4) is 0 Å². The summed E-state index contributed by atoms with van der Waals surface area (Å²) >= 11 is 3.19. The zero-order valence-corrected chi connectivity index (χ0v) is 11.6. The summed E-state index contributed by atoms with van der Waals surface area (Å²) in [6.07, 6.45) is 1.23. The predicted octanol–water partition coefficient (Wildman–Crippen LogP) is -0.502. The van der Waals surface area contributed by atoms with Crippen LogP contribution in [0.5, 0.6) is 0 Å². The maximum absolute atomic E-state index is 11.6. The molecule has 1 aliphatic rings. The topological polar surface area (TPSA) is 95.3 Å². The van der Waals surface area contributed by atoms with Gasteiger partial charge in [0.15, 0.2) is 0 Å². The number of hydrogen-bond donors (Lipinski definition) is 3. The van der Waals surface area contributed by atoms with Crippen LogP contribution in [0.25, 0.3) is 0 Å². The summed E-state index contributed by atoms with van der Waals surface area (Å²) in [6.45, 7) is -0.127. The number of aliphatic hydroxyl groups is 2. The minimum absolute atomic E-state index is 0.127. The molecule has 1 saturated heterocycles. The van der Waals surface area contributed by atoms with Gasteiger partial charge in [-0.05, 0) is 22.6 Å². The first-order chi connectivity index (χ1) is 8.02. The largest absolute Gasteiger partial charge is 0.395 e. The molecule has 94 valence electrons. The second-order valence-electron chi connectivity index (χ2n) is 3.76. The zero-order chi connectivity index (χ0) is 12.6. The second kappa shape index (κ2) is 5.12. The molecule has 0 bridgehead atoms. The van der Waals surface area contributed by atoms with Crippen LogP contribution in [0, 0.1) is 3.57 Å². The van der Waals surface area contributed by atoms with Gasteiger partial charge in [0.1, 0.15) is 0 Å². The van der Waals surface area contributed by atoms with Gasteiger partial charge in [-0.2, -0.15) is 0 Å². The normalized spacial score (nSPS) is 28.5. The number of aliphatic hydroxyl groups excluding tert-OH is 2. The highest BCUT2D eigenvalue weighted by atomic mass is 123. The van der Waals surface area contributed by atoms with E-state index in [2.05, 4.69) is 4.98 Å². The Morgan fingerprint density at radius 1 is 1.59 bits per heavy atom. The summed E-state index contributed by atoms with van der Waals surface area (Å²) < 4.78 is 1.82. The number of nitrogens with zero attached hydrogens (tertiary/aromatic N) is 1. The van der Waals surface area contributed by atoms with Crippen LogP contribution >= 0.6 is 34.4 Å². The molecule has 1 aromatic heterocycles. The van der Waals surface area contributed by atoms with Crippen LogP contribution in [0.4, 0.5) is 0 Å². The van der Waals surface area contributed by atoms with Crippen molar-refractivity contribution in [3.63, 3.8) is 0 Å². The Labute approximate surface area is 114 Å². The third-order valence-electron chi connectivity index (χ3n) is 2.62. The Morgan fingerprint density at radius 2 is 2.29 bits per heavy atom. The number of halogens is 1. The summed E-state index contributed by atoms with van der Waals surface area (Å²) in [4.78, 5) is 25.1. The van der Waals surface area contributed by atoms with E-state index < -0.39 is 17.4 Å². The molecule has 1 fully saturated rings. The van der Waals surface area contributed by atoms with Gasteiger partial charge in [0.25, 0.3) is 5.56 Å². The predicted molar refractivity (Wildman–Crippen MR) is 72.2 cm³/mol. The number of nitrogens with one attached hydrogen (secondary N) is 1. The molecule has 0 saturated carbocycles. The molecule has 2 rings (SSSR count). The van der Waals surface area contributed by atoms with Crippen molar-refractivity contribution in [2.75, 3.05) is 6.61 Å². The molecule has 17 heavy (non-hydrogen) atoms. The number of hydrogen-bond acceptors (Lipinski definition) is 5. The van der Waals surface area contributed by atoms with E-state index in [1.54, 1.807) is 0 Å². The number of rotatable bonds is 2. The summed E-state index contributed by atoms with van der Waals surface area (Å²) in [5, 5.41) is 18.2. The fourth-order valence-electron chi connectivity index (χ4n) is 1.72. The number of thioether (sulfide) groups is 1. The zero-order valence-electron chi connectivity index (χ0n) is 8.67. The molecular formula is C9H11IN2O4S. The maximum atomic E-state index is 11.6. The number of H-pyrrole nitrogens is 1. The highest BCUT2D eigenvalue weighted by Gasteiger charge is 2.34. The number of aromatic nitrogens is 2. The lowest BCUT2D eigenvalue weighted by Crippen LogP contribution is -2.32. The molecule has 8 heteroatoms. The third kappa shape index (κ3) is 2.59. The van der Waals surface area contributed by atoms with Crippen LogP contribution in [0.1, 0.15) is 11.8 Å². The Bertz CT molecular complexity index is 528. The molecule has 0 spiro atoms. The molecule has 3 N–H and O–H groups in total. The van der Waals surface area contributed by atoms with E-state index in [1.807, 2.05) is 22.6 Å². The summed E-state index contributed by atoms with van der Waals surface area (Å²) in [7, 11) is 0. The molecule has 1 aliphatic heterocycles. The highest BCUT2D eigenvalue weighted by Crippen LogP contribution is 2.40. The van der Waals surface area contributed by atoms with Gasteiger partial charge in [-0.3, -0.25) is 14.3 Å². The summed E-state index contributed by atoms with van der Waals surface area (Å²) in [5.41, 5.74) is -0.896. The van der Waals surface area contributed by atoms with E-state index in [0.29, 0.717) is 9.99 Å². The first-order valence-corrected chi connectivity index (χ1v) is 7.00. The highest BCUT2D eigenvalue weighted by molar-refractivity contribution is 14.1. The quantitative estimate of drug-likeness (QED) is 0.614. The first kappa shape index (κ1) is 13.1. The number of aromatic amines is 1. The molecule has 3 atom stereocenters. The van der Waals surface area contributed by atoms with Gasteiger partial charge in [0, 0.05) is 12.6 Å². The van der Waals surface area contributed by atoms with Crippen LogP contribution in [-0.2, 0) is 0 Å². The molecule has 0 aromatic carbocycles. The van der Waals surface area contributed by atoms with E-state index in [0.717, 1.165) is 0 Å². The summed E-state index contributed by atoms with van der Waals surface area (Å²) in [6, 6.07) is 0. The van der Waals surface area contributed by atoms with Gasteiger partial charge in [-0.15, -0.1) is 11.8 Å². The Morgan fingerprint density at radius 3 is 2.88 bits per heavy atom. The van der Waals surface area contributed by atoms with Gasteiger partial charge in [0.05, 0.1) is 26.9 Å². The fraction of sp³-hybridized carbons (Fsp3) is 0.556. The molecule has 1 aromatic rings. The van der Waals surface area contributed by atoms with Crippen LogP contribution in [0.15, 0.2) is 15.8 Å². The van der Waals surface area contributed by atoms with Gasteiger partial charge >= 0.3 is 5.69 Å². The smallest absolute Gasteiger partial charge is 0.329 e. The maximum Gasteiger partial charge on any atom is 0.329 e. The lowest BCUT2D eigenvalue weighted by molar-refractivity contribution is 0.137. The fourth-order valence-corrected chi connectivity index (χ4v) is 3.54. The third-order valence-corrected chi connectivity index (χ3v) is 4.93. The average molecular weight is 366 g/mol. The van der Waals surface area contributed by atoms with Crippen molar-refractivity contribution in [3.8, 4) is 0 Å². The molecule has 0 amide bonds. The molecule has 0 unspecified atom stereocenters. The minimum Gasteiger partial charge on any atom is -0.395 e. The van der Waals surface area contributed by atoms with Crippen LogP contribution < -0.4 is 11.2 Å².